The van der Waals surface area contributed by atoms with Gasteiger partial charge >= 0.3 is 6.18 Å². The third kappa shape index (κ3) is 8.18. The molecule has 1 aliphatic rings. The van der Waals surface area contributed by atoms with Crippen LogP contribution in [0.25, 0.3) is 0 Å². The van der Waals surface area contributed by atoms with E-state index in [1.165, 1.54) is 12.1 Å². The summed E-state index contributed by atoms with van der Waals surface area (Å²) >= 11 is 0. The normalized spacial score (nSPS) is 13.9. The lowest BCUT2D eigenvalue weighted by Gasteiger charge is -2.26. The van der Waals surface area contributed by atoms with Crippen LogP contribution in [-0.4, -0.2) is 68.1 Å². The van der Waals surface area contributed by atoms with Crippen molar-refractivity contribution in [3.63, 3.8) is 0 Å². The van der Waals surface area contributed by atoms with Gasteiger partial charge in [-0.2, -0.15) is 13.2 Å². The van der Waals surface area contributed by atoms with Crippen molar-refractivity contribution in [2.75, 3.05) is 67.7 Å². The number of anilines is 4. The van der Waals surface area contributed by atoms with Gasteiger partial charge in [0.25, 0.3) is 11.8 Å². The molecular formula is C29H33F3N6O3. The smallest absolute Gasteiger partial charge is 0.379 e. The minimum absolute atomic E-state index is 0.134. The molecule has 12 heteroatoms. The predicted octanol–water partition coefficient (Wildman–Crippen LogP) is 5.09. The van der Waals surface area contributed by atoms with Crippen LogP contribution in [0.3, 0.4) is 0 Å². The molecule has 2 heterocycles. The molecular weight excluding hydrogens is 537 g/mol. The Kier molecular flexibility index (Phi) is 9.79. The number of aromatic nitrogens is 1. The van der Waals surface area contributed by atoms with Gasteiger partial charge in [0.2, 0.25) is 0 Å². The molecule has 2 aromatic carbocycles. The van der Waals surface area contributed by atoms with Crippen molar-refractivity contribution in [2.45, 2.75) is 19.5 Å². The van der Waals surface area contributed by atoms with E-state index in [0.717, 1.165) is 63.5 Å². The maximum absolute atomic E-state index is 13.2. The number of nitrogens with one attached hydrogen (secondary N) is 4. The van der Waals surface area contributed by atoms with Gasteiger partial charge in [0.15, 0.2) is 0 Å². The fraction of sp³-hybridized carbons (Fsp3) is 0.345. The van der Waals surface area contributed by atoms with Crippen LogP contribution in [0, 0.1) is 6.92 Å². The zero-order valence-electron chi connectivity index (χ0n) is 22.9. The molecule has 9 nitrogen and oxygen atoms in total. The highest BCUT2D eigenvalue weighted by molar-refractivity contribution is 6.09. The molecule has 1 saturated heterocycles. The predicted molar refractivity (Wildman–Crippen MR) is 153 cm³/mol. The zero-order valence-corrected chi connectivity index (χ0v) is 22.9. The number of hydrogen-bond donors (Lipinski definition) is 4. The van der Waals surface area contributed by atoms with Gasteiger partial charge < -0.3 is 26.0 Å². The van der Waals surface area contributed by atoms with E-state index in [4.69, 9.17) is 4.74 Å². The van der Waals surface area contributed by atoms with E-state index < -0.39 is 23.6 Å². The Morgan fingerprint density at radius 3 is 2.51 bits per heavy atom. The molecule has 0 radical (unpaired) electrons. The Morgan fingerprint density at radius 1 is 1.00 bits per heavy atom. The molecule has 0 saturated carbocycles. The van der Waals surface area contributed by atoms with E-state index in [2.05, 4.69) is 31.2 Å². The molecule has 1 aromatic heterocycles. The van der Waals surface area contributed by atoms with Gasteiger partial charge in [0.1, 0.15) is 11.6 Å². The van der Waals surface area contributed by atoms with Gasteiger partial charge in [0.05, 0.1) is 24.3 Å². The van der Waals surface area contributed by atoms with Crippen LogP contribution in [0.2, 0.25) is 0 Å². The highest BCUT2D eigenvalue weighted by Gasteiger charge is 2.31. The van der Waals surface area contributed by atoms with Crippen molar-refractivity contribution in [1.29, 1.82) is 0 Å². The summed E-state index contributed by atoms with van der Waals surface area (Å²) < 4.78 is 44.5. The largest absolute Gasteiger partial charge is 0.416 e. The lowest BCUT2D eigenvalue weighted by atomic mass is 10.1. The molecule has 0 aliphatic carbocycles. The molecule has 2 amide bonds. The number of pyridine rings is 1. The van der Waals surface area contributed by atoms with Gasteiger partial charge in [-0.3, -0.25) is 14.5 Å². The Balaban J connectivity index is 1.38. The number of benzene rings is 2. The first kappa shape index (κ1) is 29.8. The summed E-state index contributed by atoms with van der Waals surface area (Å²) in [5.41, 5.74) is 0.758. The lowest BCUT2D eigenvalue weighted by molar-refractivity contribution is -0.137. The number of amides is 2. The van der Waals surface area contributed by atoms with E-state index in [1.54, 1.807) is 44.3 Å². The molecule has 0 unspecified atom stereocenters. The summed E-state index contributed by atoms with van der Waals surface area (Å²) in [6.07, 6.45) is -3.62. The van der Waals surface area contributed by atoms with Crippen LogP contribution >= 0.6 is 0 Å². The van der Waals surface area contributed by atoms with Crippen molar-refractivity contribution in [3.05, 3.63) is 76.9 Å². The van der Waals surface area contributed by atoms with E-state index in [1.807, 2.05) is 0 Å². The standard InChI is InChI=1S/C29H33F3N6O3/c1-19-7-8-22(35-27(39)20-5-3-6-21(17-20)29(30,31)32)18-24(19)36-28(40)23-9-10-25(37-26(23)33-2)34-11-4-12-38-13-15-41-16-14-38/h3,5-10,17-18H,4,11-16H2,1-2H3,(H,35,39)(H,36,40)(H2,33,34,37). The number of aryl methyl sites for hydroxylation is 1. The van der Waals surface area contributed by atoms with Crippen molar-refractivity contribution in [2.24, 2.45) is 0 Å². The van der Waals surface area contributed by atoms with Crippen molar-refractivity contribution in [1.82, 2.24) is 9.88 Å². The maximum Gasteiger partial charge on any atom is 0.416 e. The highest BCUT2D eigenvalue weighted by Crippen LogP contribution is 2.30. The number of rotatable bonds is 10. The number of alkyl halides is 3. The Morgan fingerprint density at radius 2 is 1.78 bits per heavy atom. The monoisotopic (exact) mass is 570 g/mol. The second kappa shape index (κ2) is 13.5. The summed E-state index contributed by atoms with van der Waals surface area (Å²) in [7, 11) is 1.68. The van der Waals surface area contributed by atoms with E-state index in [0.29, 0.717) is 28.6 Å². The second-order valence-electron chi connectivity index (χ2n) is 9.59. The molecule has 1 aliphatic heterocycles. The summed E-state index contributed by atoms with van der Waals surface area (Å²) in [5.74, 6) is -0.0761. The van der Waals surface area contributed by atoms with Gasteiger partial charge in [-0.05, 0) is 67.9 Å². The molecule has 4 N–H and O–H groups in total. The highest BCUT2D eigenvalue weighted by atomic mass is 19.4. The van der Waals surface area contributed by atoms with Crippen LogP contribution in [0.1, 0.15) is 38.3 Å². The van der Waals surface area contributed by atoms with Gasteiger partial charge in [-0.25, -0.2) is 4.98 Å². The Hall–Kier alpha value is -4.16. The maximum atomic E-state index is 13.2. The number of carbonyl (C=O) groups excluding carboxylic acids is 2. The van der Waals surface area contributed by atoms with Crippen molar-refractivity contribution < 1.29 is 27.5 Å². The number of morpholine rings is 1. The SMILES string of the molecule is CNc1nc(NCCCN2CCOCC2)ccc1C(=O)Nc1cc(NC(=O)c2cccc(C(F)(F)F)c2)ccc1C. The van der Waals surface area contributed by atoms with E-state index in [-0.39, 0.29) is 5.56 Å². The first-order valence-electron chi connectivity index (χ1n) is 13.3. The third-order valence-electron chi connectivity index (χ3n) is 6.63. The summed E-state index contributed by atoms with van der Waals surface area (Å²) in [6.45, 7) is 6.90. The Labute approximate surface area is 236 Å². The molecule has 0 bridgehead atoms. The van der Waals surface area contributed by atoms with Crippen LogP contribution in [0.4, 0.5) is 36.2 Å². The van der Waals surface area contributed by atoms with Crippen LogP contribution < -0.4 is 21.3 Å². The van der Waals surface area contributed by atoms with Crippen molar-refractivity contribution >= 4 is 34.8 Å². The van der Waals surface area contributed by atoms with Crippen molar-refractivity contribution in [3.8, 4) is 0 Å². The summed E-state index contributed by atoms with van der Waals surface area (Å²) in [4.78, 5) is 32.7. The minimum atomic E-state index is -4.56. The quantitative estimate of drug-likeness (QED) is 0.252. The average Bonchev–Trinajstić information content (AvgIpc) is 2.97. The molecule has 0 spiro atoms. The van der Waals surface area contributed by atoms with E-state index >= 15 is 0 Å². The summed E-state index contributed by atoms with van der Waals surface area (Å²) in [6, 6.07) is 12.4. The number of hydrogen-bond acceptors (Lipinski definition) is 7. The first-order valence-corrected chi connectivity index (χ1v) is 13.3. The van der Waals surface area contributed by atoms with Crippen LogP contribution in [-0.2, 0) is 10.9 Å². The number of carbonyl (C=O) groups is 2. The lowest BCUT2D eigenvalue weighted by Crippen LogP contribution is -2.37. The molecule has 0 atom stereocenters. The molecule has 218 valence electrons. The van der Waals surface area contributed by atoms with Gasteiger partial charge in [0, 0.05) is 43.6 Å². The average molecular weight is 571 g/mol. The van der Waals surface area contributed by atoms with Crippen LogP contribution in [0.15, 0.2) is 54.6 Å². The van der Waals surface area contributed by atoms with Gasteiger partial charge in [-0.1, -0.05) is 12.1 Å². The number of halogens is 3. The zero-order chi connectivity index (χ0) is 29.4. The number of ether oxygens (including phenoxy) is 1. The summed E-state index contributed by atoms with van der Waals surface area (Å²) in [5, 5.41) is 11.7. The molecule has 4 rings (SSSR count). The third-order valence-corrected chi connectivity index (χ3v) is 6.63. The first-order chi connectivity index (χ1) is 19.6. The molecule has 1 fully saturated rings. The fourth-order valence-corrected chi connectivity index (χ4v) is 4.34. The van der Waals surface area contributed by atoms with E-state index in [9.17, 15) is 22.8 Å². The topological polar surface area (TPSA) is 108 Å². The molecule has 3 aromatic rings. The van der Waals surface area contributed by atoms with Gasteiger partial charge in [-0.15, -0.1) is 0 Å². The molecule has 41 heavy (non-hydrogen) atoms. The van der Waals surface area contributed by atoms with Crippen LogP contribution in [0.5, 0.6) is 0 Å². The Bertz CT molecular complexity index is 1380. The minimum Gasteiger partial charge on any atom is -0.379 e. The number of nitrogens with zero attached hydrogens (tertiary/aromatic N) is 2. The second-order valence-corrected chi connectivity index (χ2v) is 9.59. The fourth-order valence-electron chi connectivity index (χ4n) is 4.34.